The summed E-state index contributed by atoms with van der Waals surface area (Å²) in [6.45, 7) is 6.87. The molecule has 0 N–H and O–H groups in total. The summed E-state index contributed by atoms with van der Waals surface area (Å²) in [4.78, 5) is 5.23. The lowest BCUT2D eigenvalue weighted by atomic mass is 9.87. The zero-order valence-corrected chi connectivity index (χ0v) is 14.9. The Bertz CT molecular complexity index is 531. The van der Waals surface area contributed by atoms with Crippen LogP contribution in [0.4, 0.5) is 0 Å². The number of methoxy groups -OCH3 is 1. The summed E-state index contributed by atoms with van der Waals surface area (Å²) >= 11 is 0. The molecular weight excluding hydrogens is 300 g/mol. The molecule has 0 bridgehead atoms. The van der Waals surface area contributed by atoms with Crippen molar-refractivity contribution in [2.45, 2.75) is 50.3 Å². The van der Waals surface area contributed by atoms with Gasteiger partial charge in [0.1, 0.15) is 5.75 Å². The fourth-order valence-corrected chi connectivity index (χ4v) is 4.62. The minimum atomic E-state index is 0.170. The van der Waals surface area contributed by atoms with Gasteiger partial charge in [0.25, 0.3) is 0 Å². The molecule has 4 rings (SSSR count). The van der Waals surface area contributed by atoms with Crippen LogP contribution in [0.2, 0.25) is 0 Å². The van der Waals surface area contributed by atoms with Gasteiger partial charge in [0.15, 0.2) is 0 Å². The Hall–Kier alpha value is -1.10. The first-order chi connectivity index (χ1) is 11.8. The minimum Gasteiger partial charge on any atom is -0.497 e. The van der Waals surface area contributed by atoms with Crippen molar-refractivity contribution in [1.82, 2.24) is 9.80 Å². The van der Waals surface area contributed by atoms with Crippen LogP contribution in [0.15, 0.2) is 24.3 Å². The maximum Gasteiger partial charge on any atom is 0.118 e. The van der Waals surface area contributed by atoms with Gasteiger partial charge in [0.2, 0.25) is 0 Å². The molecule has 3 heterocycles. The smallest absolute Gasteiger partial charge is 0.118 e. The Morgan fingerprint density at radius 3 is 2.46 bits per heavy atom. The summed E-state index contributed by atoms with van der Waals surface area (Å²) in [5, 5.41) is 0. The molecule has 0 saturated carbocycles. The monoisotopic (exact) mass is 330 g/mol. The lowest BCUT2D eigenvalue weighted by molar-refractivity contribution is -0.0452. The van der Waals surface area contributed by atoms with E-state index in [0.717, 1.165) is 32.0 Å². The lowest BCUT2D eigenvalue weighted by Crippen LogP contribution is -2.44. The summed E-state index contributed by atoms with van der Waals surface area (Å²) < 4.78 is 11.6. The van der Waals surface area contributed by atoms with Crippen molar-refractivity contribution in [3.8, 4) is 5.75 Å². The van der Waals surface area contributed by atoms with Crippen LogP contribution < -0.4 is 4.74 Å². The molecule has 0 amide bonds. The molecule has 3 aliphatic rings. The fraction of sp³-hybridized carbons (Fsp3) is 0.700. The standard InChI is InChI=1S/C20H30N2O2/c1-23-19-6-4-17(5-7-19)15-21-12-8-20(9-13-21)14-18(16-24-20)22-10-2-3-11-22/h4-7,18H,2-3,8-16H2,1H3. The van der Waals surface area contributed by atoms with E-state index in [4.69, 9.17) is 9.47 Å². The number of ether oxygens (including phenoxy) is 2. The maximum atomic E-state index is 6.35. The van der Waals surface area contributed by atoms with Crippen LogP contribution in [0.1, 0.15) is 37.7 Å². The number of rotatable bonds is 4. The highest BCUT2D eigenvalue weighted by Crippen LogP contribution is 2.38. The van der Waals surface area contributed by atoms with Crippen LogP contribution in [0, 0.1) is 0 Å². The molecule has 1 aromatic carbocycles. The van der Waals surface area contributed by atoms with E-state index >= 15 is 0 Å². The van der Waals surface area contributed by atoms with Gasteiger partial charge in [0, 0.05) is 25.7 Å². The first kappa shape index (κ1) is 16.4. The molecule has 1 aromatic rings. The van der Waals surface area contributed by atoms with Gasteiger partial charge in [-0.15, -0.1) is 0 Å². The number of hydrogen-bond acceptors (Lipinski definition) is 4. The van der Waals surface area contributed by atoms with E-state index in [0.29, 0.717) is 6.04 Å². The van der Waals surface area contributed by atoms with Crippen LogP contribution in [0.5, 0.6) is 5.75 Å². The van der Waals surface area contributed by atoms with Crippen LogP contribution in [-0.2, 0) is 11.3 Å². The van der Waals surface area contributed by atoms with Gasteiger partial charge in [-0.3, -0.25) is 9.80 Å². The summed E-state index contributed by atoms with van der Waals surface area (Å²) in [7, 11) is 1.72. The number of nitrogens with zero attached hydrogens (tertiary/aromatic N) is 2. The normalized spacial score (nSPS) is 27.8. The Kier molecular flexibility index (Phi) is 4.79. The Morgan fingerprint density at radius 2 is 1.79 bits per heavy atom. The zero-order chi connectivity index (χ0) is 16.4. The first-order valence-corrected chi connectivity index (χ1v) is 9.50. The molecule has 0 radical (unpaired) electrons. The van der Waals surface area contributed by atoms with Gasteiger partial charge in [-0.1, -0.05) is 12.1 Å². The summed E-state index contributed by atoms with van der Waals surface area (Å²) in [6.07, 6.45) is 6.38. The number of likely N-dealkylation sites (tertiary alicyclic amines) is 2. The third-order valence-electron chi connectivity index (χ3n) is 6.18. The van der Waals surface area contributed by atoms with E-state index in [9.17, 15) is 0 Å². The quantitative estimate of drug-likeness (QED) is 0.847. The van der Waals surface area contributed by atoms with Gasteiger partial charge in [-0.2, -0.15) is 0 Å². The summed E-state index contributed by atoms with van der Waals surface area (Å²) in [5.41, 5.74) is 1.54. The maximum absolute atomic E-state index is 6.35. The van der Waals surface area contributed by atoms with Crippen molar-refractivity contribution >= 4 is 0 Å². The second-order valence-electron chi connectivity index (χ2n) is 7.72. The second-order valence-corrected chi connectivity index (χ2v) is 7.72. The molecule has 4 nitrogen and oxygen atoms in total. The van der Waals surface area contributed by atoms with Crippen LogP contribution in [0.25, 0.3) is 0 Å². The van der Waals surface area contributed by atoms with Crippen molar-refractivity contribution in [3.05, 3.63) is 29.8 Å². The van der Waals surface area contributed by atoms with Crippen molar-refractivity contribution in [3.63, 3.8) is 0 Å². The van der Waals surface area contributed by atoms with Crippen LogP contribution >= 0.6 is 0 Å². The molecule has 1 spiro atoms. The Balaban J connectivity index is 1.28. The van der Waals surface area contributed by atoms with E-state index in [1.165, 1.54) is 50.8 Å². The number of benzene rings is 1. The molecule has 1 atom stereocenters. The molecule has 24 heavy (non-hydrogen) atoms. The first-order valence-electron chi connectivity index (χ1n) is 9.50. The van der Waals surface area contributed by atoms with E-state index in [1.807, 2.05) is 0 Å². The predicted octanol–water partition coefficient (Wildman–Crippen LogP) is 2.91. The SMILES string of the molecule is COc1ccc(CN2CCC3(CC2)CC(N2CCCC2)CO3)cc1. The highest BCUT2D eigenvalue weighted by Gasteiger charge is 2.44. The second kappa shape index (κ2) is 7.03. The highest BCUT2D eigenvalue weighted by atomic mass is 16.5. The van der Waals surface area contributed by atoms with Crippen molar-refractivity contribution < 1.29 is 9.47 Å². The number of piperidine rings is 1. The molecule has 3 saturated heterocycles. The molecule has 3 fully saturated rings. The van der Waals surface area contributed by atoms with Crippen LogP contribution in [-0.4, -0.2) is 61.3 Å². The third kappa shape index (κ3) is 3.46. The summed E-state index contributed by atoms with van der Waals surface area (Å²) in [6, 6.07) is 9.15. The molecule has 132 valence electrons. The minimum absolute atomic E-state index is 0.170. The van der Waals surface area contributed by atoms with Gasteiger partial charge in [-0.05, 0) is 62.9 Å². The molecule has 4 heteroatoms. The van der Waals surface area contributed by atoms with Crippen LogP contribution in [0.3, 0.4) is 0 Å². The largest absolute Gasteiger partial charge is 0.497 e. The van der Waals surface area contributed by atoms with Gasteiger partial charge >= 0.3 is 0 Å². The van der Waals surface area contributed by atoms with Crippen molar-refractivity contribution in [1.29, 1.82) is 0 Å². The molecular formula is C20H30N2O2. The van der Waals surface area contributed by atoms with E-state index < -0.39 is 0 Å². The predicted molar refractivity (Wildman–Crippen MR) is 95.4 cm³/mol. The zero-order valence-electron chi connectivity index (χ0n) is 14.9. The summed E-state index contributed by atoms with van der Waals surface area (Å²) in [5.74, 6) is 0.934. The van der Waals surface area contributed by atoms with Gasteiger partial charge in [0.05, 0.1) is 19.3 Å². The average molecular weight is 330 g/mol. The van der Waals surface area contributed by atoms with E-state index in [-0.39, 0.29) is 5.60 Å². The van der Waals surface area contributed by atoms with Gasteiger partial charge < -0.3 is 9.47 Å². The lowest BCUT2D eigenvalue weighted by Gasteiger charge is -2.39. The third-order valence-corrected chi connectivity index (χ3v) is 6.18. The highest BCUT2D eigenvalue weighted by molar-refractivity contribution is 5.27. The van der Waals surface area contributed by atoms with Crippen molar-refractivity contribution in [2.75, 3.05) is 39.9 Å². The topological polar surface area (TPSA) is 24.9 Å². The van der Waals surface area contributed by atoms with Crippen molar-refractivity contribution in [2.24, 2.45) is 0 Å². The fourth-order valence-electron chi connectivity index (χ4n) is 4.62. The molecule has 0 aromatic heterocycles. The van der Waals surface area contributed by atoms with Gasteiger partial charge in [-0.25, -0.2) is 0 Å². The Morgan fingerprint density at radius 1 is 1.08 bits per heavy atom. The molecule has 0 aliphatic carbocycles. The average Bonchev–Trinajstić information content (AvgIpc) is 3.28. The Labute approximate surface area is 145 Å². The number of hydrogen-bond donors (Lipinski definition) is 0. The molecule has 3 aliphatic heterocycles. The van der Waals surface area contributed by atoms with E-state index in [1.54, 1.807) is 7.11 Å². The molecule has 1 unspecified atom stereocenters. The van der Waals surface area contributed by atoms with E-state index in [2.05, 4.69) is 34.1 Å².